The molecule has 0 fully saturated rings. The van der Waals surface area contributed by atoms with Gasteiger partial charge in [-0.25, -0.2) is 4.79 Å². The predicted molar refractivity (Wildman–Crippen MR) is 71.1 cm³/mol. The molecular formula is C15H15NO3. The molecule has 0 aliphatic rings. The van der Waals surface area contributed by atoms with Gasteiger partial charge in [0.25, 0.3) is 0 Å². The number of hydrogen-bond donors (Lipinski definition) is 0. The normalized spacial score (nSPS) is 10.0. The van der Waals surface area contributed by atoms with E-state index in [9.17, 15) is 4.79 Å². The Labute approximate surface area is 112 Å². The van der Waals surface area contributed by atoms with E-state index in [0.717, 1.165) is 11.3 Å². The lowest BCUT2D eigenvalue weighted by atomic mass is 10.2. The minimum atomic E-state index is -0.360. The topological polar surface area (TPSA) is 48.4 Å². The zero-order valence-electron chi connectivity index (χ0n) is 10.9. The van der Waals surface area contributed by atoms with Crippen molar-refractivity contribution in [2.24, 2.45) is 0 Å². The molecule has 0 bridgehead atoms. The van der Waals surface area contributed by atoms with E-state index in [1.165, 1.54) is 0 Å². The molecule has 98 valence electrons. The molecule has 0 N–H and O–H groups in total. The molecule has 0 aliphatic heterocycles. The van der Waals surface area contributed by atoms with E-state index < -0.39 is 0 Å². The summed E-state index contributed by atoms with van der Waals surface area (Å²) in [5, 5.41) is 0. The fraction of sp³-hybridized carbons (Fsp3) is 0.200. The standard InChI is InChI=1S/C15H15NO3/c1-11-14(4-3-9-16-11)15(17)19-10-12-5-7-13(18-2)8-6-12/h3-9H,10H2,1-2H3. The zero-order chi connectivity index (χ0) is 13.7. The molecule has 1 heterocycles. The van der Waals surface area contributed by atoms with Crippen LogP contribution in [0.2, 0.25) is 0 Å². The Morgan fingerprint density at radius 3 is 2.58 bits per heavy atom. The number of nitrogens with zero attached hydrogens (tertiary/aromatic N) is 1. The fourth-order valence-electron chi connectivity index (χ4n) is 1.65. The molecule has 4 heteroatoms. The molecule has 0 spiro atoms. The third-order valence-corrected chi connectivity index (χ3v) is 2.76. The van der Waals surface area contributed by atoms with Crippen molar-refractivity contribution < 1.29 is 14.3 Å². The summed E-state index contributed by atoms with van der Waals surface area (Å²) in [5.74, 6) is 0.416. The van der Waals surface area contributed by atoms with Gasteiger partial charge < -0.3 is 9.47 Å². The first-order chi connectivity index (χ1) is 9.20. The van der Waals surface area contributed by atoms with E-state index in [2.05, 4.69) is 4.98 Å². The van der Waals surface area contributed by atoms with Gasteiger partial charge >= 0.3 is 5.97 Å². The minimum absolute atomic E-state index is 0.233. The average molecular weight is 257 g/mol. The quantitative estimate of drug-likeness (QED) is 0.790. The molecule has 0 aliphatic carbocycles. The maximum Gasteiger partial charge on any atom is 0.340 e. The van der Waals surface area contributed by atoms with Crippen LogP contribution in [-0.4, -0.2) is 18.1 Å². The summed E-state index contributed by atoms with van der Waals surface area (Å²) < 4.78 is 10.3. The lowest BCUT2D eigenvalue weighted by Crippen LogP contribution is -2.07. The zero-order valence-corrected chi connectivity index (χ0v) is 10.9. The van der Waals surface area contributed by atoms with Crippen LogP contribution in [0.5, 0.6) is 5.75 Å². The van der Waals surface area contributed by atoms with Gasteiger partial charge in [-0.3, -0.25) is 4.98 Å². The molecule has 2 rings (SSSR count). The predicted octanol–water partition coefficient (Wildman–Crippen LogP) is 2.76. The third-order valence-electron chi connectivity index (χ3n) is 2.76. The fourth-order valence-corrected chi connectivity index (χ4v) is 1.65. The van der Waals surface area contributed by atoms with Crippen LogP contribution in [0.15, 0.2) is 42.6 Å². The highest BCUT2D eigenvalue weighted by atomic mass is 16.5. The van der Waals surface area contributed by atoms with Crippen LogP contribution in [0.3, 0.4) is 0 Å². The van der Waals surface area contributed by atoms with Gasteiger partial charge in [0, 0.05) is 6.20 Å². The van der Waals surface area contributed by atoms with Gasteiger partial charge in [0.1, 0.15) is 12.4 Å². The molecule has 0 saturated carbocycles. The van der Waals surface area contributed by atoms with Crippen LogP contribution in [0, 0.1) is 6.92 Å². The van der Waals surface area contributed by atoms with E-state index >= 15 is 0 Å². The second-order valence-corrected chi connectivity index (χ2v) is 4.06. The lowest BCUT2D eigenvalue weighted by Gasteiger charge is -2.07. The summed E-state index contributed by atoms with van der Waals surface area (Å²) in [6.07, 6.45) is 1.65. The molecule has 0 unspecified atom stereocenters. The summed E-state index contributed by atoms with van der Waals surface area (Å²) in [5.41, 5.74) is 2.08. The van der Waals surface area contributed by atoms with Gasteiger partial charge in [0.15, 0.2) is 0 Å². The van der Waals surface area contributed by atoms with Gasteiger partial charge in [0.2, 0.25) is 0 Å². The molecule has 0 radical (unpaired) electrons. The monoisotopic (exact) mass is 257 g/mol. The van der Waals surface area contributed by atoms with Gasteiger partial charge in [-0.05, 0) is 36.8 Å². The Hall–Kier alpha value is -2.36. The smallest absolute Gasteiger partial charge is 0.340 e. The van der Waals surface area contributed by atoms with E-state index in [0.29, 0.717) is 11.3 Å². The number of ether oxygens (including phenoxy) is 2. The van der Waals surface area contributed by atoms with Crippen LogP contribution >= 0.6 is 0 Å². The molecule has 19 heavy (non-hydrogen) atoms. The van der Waals surface area contributed by atoms with Crippen molar-refractivity contribution in [3.63, 3.8) is 0 Å². The van der Waals surface area contributed by atoms with Gasteiger partial charge in [0.05, 0.1) is 18.4 Å². The van der Waals surface area contributed by atoms with Gasteiger partial charge in [-0.1, -0.05) is 12.1 Å². The molecular weight excluding hydrogens is 242 g/mol. The molecule has 0 saturated heterocycles. The first kappa shape index (κ1) is 13.1. The number of hydrogen-bond acceptors (Lipinski definition) is 4. The molecule has 0 atom stereocenters. The summed E-state index contributed by atoms with van der Waals surface area (Å²) in [6, 6.07) is 10.8. The first-order valence-corrected chi connectivity index (χ1v) is 5.92. The van der Waals surface area contributed by atoms with Crippen LogP contribution < -0.4 is 4.74 Å². The minimum Gasteiger partial charge on any atom is -0.497 e. The number of aryl methyl sites for hydroxylation is 1. The summed E-state index contributed by atoms with van der Waals surface area (Å²) in [7, 11) is 1.61. The maximum atomic E-state index is 11.9. The van der Waals surface area contributed by atoms with Gasteiger partial charge in [-0.2, -0.15) is 0 Å². The Kier molecular flexibility index (Phi) is 4.13. The number of aromatic nitrogens is 1. The highest BCUT2D eigenvalue weighted by Crippen LogP contribution is 2.13. The Morgan fingerprint density at radius 2 is 1.95 bits per heavy atom. The van der Waals surface area contributed by atoms with Crippen molar-refractivity contribution in [2.75, 3.05) is 7.11 Å². The van der Waals surface area contributed by atoms with Crippen LogP contribution in [0.25, 0.3) is 0 Å². The summed E-state index contributed by atoms with van der Waals surface area (Å²) >= 11 is 0. The van der Waals surface area contributed by atoms with Crippen molar-refractivity contribution in [1.82, 2.24) is 4.98 Å². The van der Waals surface area contributed by atoms with Crippen molar-refractivity contribution in [3.8, 4) is 5.75 Å². The number of carbonyl (C=O) groups is 1. The van der Waals surface area contributed by atoms with E-state index in [-0.39, 0.29) is 12.6 Å². The number of rotatable bonds is 4. The third kappa shape index (κ3) is 3.31. The highest BCUT2D eigenvalue weighted by molar-refractivity contribution is 5.90. The van der Waals surface area contributed by atoms with Crippen molar-refractivity contribution >= 4 is 5.97 Å². The van der Waals surface area contributed by atoms with Crippen LogP contribution in [0.1, 0.15) is 21.6 Å². The Morgan fingerprint density at radius 1 is 1.21 bits per heavy atom. The van der Waals surface area contributed by atoms with E-state index in [1.54, 1.807) is 32.4 Å². The second-order valence-electron chi connectivity index (χ2n) is 4.06. The molecule has 1 aromatic heterocycles. The molecule has 0 amide bonds. The van der Waals surface area contributed by atoms with Crippen molar-refractivity contribution in [2.45, 2.75) is 13.5 Å². The second kappa shape index (κ2) is 6.00. The van der Waals surface area contributed by atoms with E-state index in [4.69, 9.17) is 9.47 Å². The number of esters is 1. The van der Waals surface area contributed by atoms with Crippen molar-refractivity contribution in [1.29, 1.82) is 0 Å². The SMILES string of the molecule is COc1ccc(COC(=O)c2cccnc2C)cc1. The number of benzene rings is 1. The summed E-state index contributed by atoms with van der Waals surface area (Å²) in [4.78, 5) is 15.9. The van der Waals surface area contributed by atoms with Crippen LogP contribution in [0.4, 0.5) is 0 Å². The average Bonchev–Trinajstić information content (AvgIpc) is 2.46. The largest absolute Gasteiger partial charge is 0.497 e. The number of methoxy groups -OCH3 is 1. The number of carbonyl (C=O) groups excluding carboxylic acids is 1. The Bertz CT molecular complexity index is 564. The highest BCUT2D eigenvalue weighted by Gasteiger charge is 2.10. The molecule has 4 nitrogen and oxygen atoms in total. The summed E-state index contributed by atoms with van der Waals surface area (Å²) in [6.45, 7) is 2.02. The van der Waals surface area contributed by atoms with Crippen molar-refractivity contribution in [3.05, 3.63) is 59.4 Å². The molecule has 1 aromatic carbocycles. The number of pyridine rings is 1. The maximum absolute atomic E-state index is 11.9. The Balaban J connectivity index is 1.98. The lowest BCUT2D eigenvalue weighted by molar-refractivity contribution is 0.0471. The van der Waals surface area contributed by atoms with Crippen LogP contribution in [-0.2, 0) is 11.3 Å². The van der Waals surface area contributed by atoms with Gasteiger partial charge in [-0.15, -0.1) is 0 Å². The first-order valence-electron chi connectivity index (χ1n) is 5.92. The van der Waals surface area contributed by atoms with E-state index in [1.807, 2.05) is 24.3 Å². The molecule has 2 aromatic rings.